The third-order valence-electron chi connectivity index (χ3n) is 3.25. The Morgan fingerprint density at radius 2 is 1.56 bits per heavy atom. The van der Waals surface area contributed by atoms with Crippen LogP contribution in [0, 0.1) is 0 Å². The van der Waals surface area contributed by atoms with Crippen molar-refractivity contribution in [3.05, 3.63) is 0 Å². The highest BCUT2D eigenvalue weighted by atomic mass is 31.2. The van der Waals surface area contributed by atoms with Crippen LogP contribution in [0.5, 0.6) is 0 Å². The number of phosphoric acid groups is 1. The van der Waals surface area contributed by atoms with Crippen LogP contribution in [0.3, 0.4) is 0 Å². The summed E-state index contributed by atoms with van der Waals surface area (Å²) in [6.45, 7) is 11.9. The normalized spacial score (nSPS) is 13.9. The summed E-state index contributed by atoms with van der Waals surface area (Å²) in [6, 6.07) is 0. The molecule has 0 radical (unpaired) electrons. The van der Waals surface area contributed by atoms with E-state index in [0.29, 0.717) is 19.6 Å². The average Bonchev–Trinajstić information content (AvgIpc) is 2.26. The average molecular weight is 298 g/mol. The van der Waals surface area contributed by atoms with Crippen molar-refractivity contribution in [2.24, 2.45) is 0 Å². The number of hydrogen-bond donors (Lipinski definition) is 0. The van der Waals surface area contributed by atoms with Crippen molar-refractivity contribution in [2.75, 3.05) is 27.4 Å². The van der Waals surface area contributed by atoms with Gasteiger partial charge < -0.3 is 4.43 Å². The molecule has 0 saturated carbocycles. The molecule has 0 aromatic carbocycles. The Balaban J connectivity index is 3.92. The largest absolute Gasteiger partial charge is 0.474 e. The van der Waals surface area contributed by atoms with Crippen molar-refractivity contribution in [3.63, 3.8) is 0 Å². The first kappa shape index (κ1) is 18.3. The molecule has 5 nitrogen and oxygen atoms in total. The van der Waals surface area contributed by atoms with Gasteiger partial charge in [-0.2, -0.15) is 0 Å². The lowest BCUT2D eigenvalue weighted by molar-refractivity contribution is 0.142. The minimum atomic E-state index is -3.34. The molecule has 0 spiro atoms. The zero-order chi connectivity index (χ0) is 14.4. The summed E-state index contributed by atoms with van der Waals surface area (Å²) >= 11 is 0. The van der Waals surface area contributed by atoms with Crippen LogP contribution < -0.4 is 0 Å². The molecule has 0 saturated heterocycles. The highest BCUT2D eigenvalue weighted by molar-refractivity contribution is 7.48. The summed E-state index contributed by atoms with van der Waals surface area (Å²) in [7, 11) is -2.44. The second kappa shape index (κ2) is 7.17. The quantitative estimate of drug-likeness (QED) is 0.387. The topological polar surface area (TPSA) is 54.0 Å². The molecule has 0 aliphatic heterocycles. The number of phosphoric ester groups is 1. The van der Waals surface area contributed by atoms with Crippen LogP contribution in [0.15, 0.2) is 0 Å². The maximum absolute atomic E-state index is 11.6. The molecule has 0 heterocycles. The molecule has 0 aliphatic rings. The molecule has 110 valence electrons. The molecular weight excluding hydrogens is 271 g/mol. The maximum Gasteiger partial charge on any atom is 0.474 e. The van der Waals surface area contributed by atoms with Crippen molar-refractivity contribution >= 4 is 16.1 Å². The molecular formula is C11H27O5PSi. The fraction of sp³-hybridized carbons (Fsp3) is 1.00. The lowest BCUT2D eigenvalue weighted by atomic mass is 10.2. The molecule has 0 rings (SSSR count). The van der Waals surface area contributed by atoms with E-state index < -0.39 is 16.1 Å². The molecule has 0 N–H and O–H groups in total. The molecule has 0 bridgehead atoms. The van der Waals surface area contributed by atoms with E-state index in [1.54, 1.807) is 0 Å². The number of rotatable bonds is 8. The summed E-state index contributed by atoms with van der Waals surface area (Å²) in [5.74, 6) is 0. The van der Waals surface area contributed by atoms with Gasteiger partial charge in [0.1, 0.15) is 0 Å². The van der Waals surface area contributed by atoms with Crippen LogP contribution in [-0.2, 0) is 22.6 Å². The maximum atomic E-state index is 11.6. The standard InChI is InChI=1S/C11H27O5PSi/c1-11(2,3)18(6,7)16-10-8-9-15-17(12,13-4)14-5/h8-10H2,1-7H3. The van der Waals surface area contributed by atoms with Crippen molar-refractivity contribution in [1.82, 2.24) is 0 Å². The zero-order valence-corrected chi connectivity index (χ0v) is 14.5. The van der Waals surface area contributed by atoms with Crippen LogP contribution >= 0.6 is 7.82 Å². The highest BCUT2D eigenvalue weighted by Crippen LogP contribution is 2.47. The summed E-state index contributed by atoms with van der Waals surface area (Å²) in [4.78, 5) is 0. The molecule has 0 aliphatic carbocycles. The molecule has 0 aromatic rings. The molecule has 0 fully saturated rings. The fourth-order valence-electron chi connectivity index (χ4n) is 0.959. The first-order valence-corrected chi connectivity index (χ1v) is 10.4. The first-order valence-electron chi connectivity index (χ1n) is 6.08. The summed E-state index contributed by atoms with van der Waals surface area (Å²) in [5.41, 5.74) is 0. The van der Waals surface area contributed by atoms with Gasteiger partial charge in [0.05, 0.1) is 6.61 Å². The molecule has 0 aromatic heterocycles. The number of hydrogen-bond acceptors (Lipinski definition) is 5. The third kappa shape index (κ3) is 5.95. The Hall–Kier alpha value is 0.287. The second-order valence-corrected chi connectivity index (χ2v) is 12.3. The minimum Gasteiger partial charge on any atom is -0.417 e. The molecule has 0 atom stereocenters. The molecule has 0 amide bonds. The van der Waals surface area contributed by atoms with E-state index >= 15 is 0 Å². The van der Waals surface area contributed by atoms with Crippen LogP contribution in [0.1, 0.15) is 27.2 Å². The van der Waals surface area contributed by atoms with Gasteiger partial charge in [-0.1, -0.05) is 20.8 Å². The van der Waals surface area contributed by atoms with E-state index in [2.05, 4.69) is 42.9 Å². The van der Waals surface area contributed by atoms with E-state index in [1.165, 1.54) is 14.2 Å². The Bertz CT molecular complexity index is 280. The van der Waals surface area contributed by atoms with Crippen LogP contribution in [0.25, 0.3) is 0 Å². The van der Waals surface area contributed by atoms with Gasteiger partial charge in [-0.25, -0.2) is 4.57 Å². The van der Waals surface area contributed by atoms with Crippen molar-refractivity contribution in [3.8, 4) is 0 Å². The van der Waals surface area contributed by atoms with Gasteiger partial charge in [-0.05, 0) is 24.6 Å². The van der Waals surface area contributed by atoms with Gasteiger partial charge >= 0.3 is 7.82 Å². The van der Waals surface area contributed by atoms with Gasteiger partial charge in [-0.15, -0.1) is 0 Å². The highest BCUT2D eigenvalue weighted by Gasteiger charge is 2.36. The smallest absolute Gasteiger partial charge is 0.417 e. The van der Waals surface area contributed by atoms with Gasteiger partial charge in [-0.3, -0.25) is 13.6 Å². The summed E-state index contributed by atoms with van der Waals surface area (Å²) in [5, 5.41) is 0.197. The SMILES string of the molecule is COP(=O)(OC)OCCCO[Si](C)(C)C(C)(C)C. The fourth-order valence-corrected chi connectivity index (χ4v) is 2.76. The van der Waals surface area contributed by atoms with Crippen LogP contribution in [0.2, 0.25) is 18.1 Å². The predicted octanol–water partition coefficient (Wildman–Crippen LogP) is 3.82. The van der Waals surface area contributed by atoms with Crippen molar-refractivity contribution in [2.45, 2.75) is 45.3 Å². The van der Waals surface area contributed by atoms with Crippen LogP contribution in [-0.4, -0.2) is 35.8 Å². The van der Waals surface area contributed by atoms with E-state index in [-0.39, 0.29) is 5.04 Å². The molecule has 7 heteroatoms. The summed E-state index contributed by atoms with van der Waals surface area (Å²) < 4.78 is 31.9. The first-order chi connectivity index (χ1) is 8.08. The van der Waals surface area contributed by atoms with Crippen LogP contribution in [0.4, 0.5) is 0 Å². The lowest BCUT2D eigenvalue weighted by Crippen LogP contribution is -2.41. The van der Waals surface area contributed by atoms with Crippen molar-refractivity contribution < 1.29 is 22.6 Å². The Morgan fingerprint density at radius 1 is 1.06 bits per heavy atom. The summed E-state index contributed by atoms with van der Waals surface area (Å²) in [6.07, 6.45) is 0.670. The minimum absolute atomic E-state index is 0.197. The molecule has 18 heavy (non-hydrogen) atoms. The van der Waals surface area contributed by atoms with Gasteiger partial charge in [0, 0.05) is 20.8 Å². The Labute approximate surface area is 112 Å². The lowest BCUT2D eigenvalue weighted by Gasteiger charge is -2.36. The zero-order valence-electron chi connectivity index (χ0n) is 12.6. The Kier molecular flexibility index (Phi) is 7.29. The van der Waals surface area contributed by atoms with Gasteiger partial charge in [0.15, 0.2) is 8.32 Å². The van der Waals surface area contributed by atoms with E-state index in [9.17, 15) is 4.57 Å². The van der Waals surface area contributed by atoms with Gasteiger partial charge in [0.25, 0.3) is 0 Å². The third-order valence-corrected chi connectivity index (χ3v) is 9.19. The Morgan fingerprint density at radius 3 is 1.94 bits per heavy atom. The van der Waals surface area contributed by atoms with E-state index in [1.807, 2.05) is 0 Å². The monoisotopic (exact) mass is 298 g/mol. The van der Waals surface area contributed by atoms with E-state index in [0.717, 1.165) is 0 Å². The predicted molar refractivity (Wildman–Crippen MR) is 75.3 cm³/mol. The van der Waals surface area contributed by atoms with Crippen molar-refractivity contribution in [1.29, 1.82) is 0 Å². The van der Waals surface area contributed by atoms with Gasteiger partial charge in [0.2, 0.25) is 0 Å². The second-order valence-electron chi connectivity index (χ2n) is 5.61. The van der Waals surface area contributed by atoms with E-state index in [4.69, 9.17) is 8.95 Å². The molecule has 0 unspecified atom stereocenters.